The summed E-state index contributed by atoms with van der Waals surface area (Å²) in [7, 11) is 4.93. The fraction of sp³-hybridized carbons (Fsp3) is 0.435. The minimum absolute atomic E-state index is 0.0657. The third-order valence-corrected chi connectivity index (χ3v) is 6.70. The van der Waals surface area contributed by atoms with Gasteiger partial charge in [0, 0.05) is 29.5 Å². The lowest BCUT2D eigenvalue weighted by molar-refractivity contribution is 0.0479. The summed E-state index contributed by atoms with van der Waals surface area (Å²) in [6.07, 6.45) is 1.73. The van der Waals surface area contributed by atoms with Gasteiger partial charge < -0.3 is 18.9 Å². The van der Waals surface area contributed by atoms with Crippen LogP contribution < -0.4 is 19.5 Å². The first-order valence-electron chi connectivity index (χ1n) is 9.76. The van der Waals surface area contributed by atoms with Crippen LogP contribution in [-0.2, 0) is 9.89 Å². The quantitative estimate of drug-likeness (QED) is 0.280. The molecule has 2 unspecified atom stereocenters. The van der Waals surface area contributed by atoms with Crippen molar-refractivity contribution in [1.29, 1.82) is 0 Å². The van der Waals surface area contributed by atoms with Crippen LogP contribution in [0.5, 0.6) is 17.2 Å². The first-order valence-corrected chi connectivity index (χ1v) is 10.8. The summed E-state index contributed by atoms with van der Waals surface area (Å²) >= 11 is 0. The number of ketones is 1. The van der Waals surface area contributed by atoms with Gasteiger partial charge in [0.1, 0.15) is 11.6 Å². The SMILES string of the molecule is CCCC(C)(Pc1ccc(F)cc1C(C)=O)c1cc(OC)cc(OC)c1OCOC. The van der Waals surface area contributed by atoms with E-state index in [0.717, 1.165) is 23.7 Å². The molecule has 2 rings (SSSR count). The Bertz CT molecular complexity index is 886. The normalized spacial score (nSPS) is 13.3. The highest BCUT2D eigenvalue weighted by molar-refractivity contribution is 7.48. The number of Topliss-reactive ketones (excluding diaryl/α,β-unsaturated/α-hetero) is 1. The molecule has 0 heterocycles. The monoisotopic (exact) mass is 436 g/mol. The molecular formula is C23H30FO5P. The second-order valence-corrected chi connectivity index (χ2v) is 9.10. The summed E-state index contributed by atoms with van der Waals surface area (Å²) in [5.74, 6) is 1.19. The lowest BCUT2D eigenvalue weighted by Crippen LogP contribution is -2.23. The maximum Gasteiger partial charge on any atom is 0.188 e. The summed E-state index contributed by atoms with van der Waals surface area (Å²) < 4.78 is 35.9. The van der Waals surface area contributed by atoms with Gasteiger partial charge in [-0.25, -0.2) is 4.39 Å². The Balaban J connectivity index is 2.67. The predicted molar refractivity (Wildman–Crippen MR) is 119 cm³/mol. The van der Waals surface area contributed by atoms with Crippen molar-refractivity contribution >= 4 is 19.7 Å². The van der Waals surface area contributed by atoms with Gasteiger partial charge in [-0.15, -0.1) is 0 Å². The molecule has 0 aliphatic heterocycles. The smallest absolute Gasteiger partial charge is 0.188 e. The van der Waals surface area contributed by atoms with Crippen molar-refractivity contribution in [3.05, 3.63) is 47.3 Å². The van der Waals surface area contributed by atoms with E-state index in [9.17, 15) is 9.18 Å². The zero-order valence-corrected chi connectivity index (χ0v) is 19.4. The number of hydrogen-bond acceptors (Lipinski definition) is 5. The molecule has 0 bridgehead atoms. The van der Waals surface area contributed by atoms with E-state index in [2.05, 4.69) is 13.8 Å². The number of carbonyl (C=O) groups excluding carboxylic acids is 1. The second-order valence-electron chi connectivity index (χ2n) is 7.21. The number of rotatable bonds is 11. The maximum atomic E-state index is 13.8. The van der Waals surface area contributed by atoms with Crippen molar-refractivity contribution in [3.63, 3.8) is 0 Å². The highest BCUT2D eigenvalue weighted by Crippen LogP contribution is 2.52. The standard InChI is InChI=1S/C23H30FO5P/c1-7-10-23(3,30-21-9-8-16(24)11-18(21)15(2)25)19-12-17(27-5)13-20(28-6)22(19)29-14-26-4/h8-9,11-13,30H,7,10,14H2,1-6H3. The third-order valence-electron chi connectivity index (χ3n) is 4.92. The average Bonchev–Trinajstić information content (AvgIpc) is 2.72. The van der Waals surface area contributed by atoms with Gasteiger partial charge in [0.15, 0.2) is 24.1 Å². The van der Waals surface area contributed by atoms with Crippen molar-refractivity contribution in [1.82, 2.24) is 0 Å². The van der Waals surface area contributed by atoms with E-state index in [0.29, 0.717) is 22.8 Å². The van der Waals surface area contributed by atoms with Crippen LogP contribution in [0.25, 0.3) is 0 Å². The van der Waals surface area contributed by atoms with E-state index in [1.165, 1.54) is 19.1 Å². The molecule has 0 aromatic heterocycles. The molecule has 30 heavy (non-hydrogen) atoms. The predicted octanol–water partition coefficient (Wildman–Crippen LogP) is 5.05. The average molecular weight is 436 g/mol. The Morgan fingerprint density at radius 3 is 2.43 bits per heavy atom. The van der Waals surface area contributed by atoms with Gasteiger partial charge in [0.2, 0.25) is 0 Å². The second kappa shape index (κ2) is 10.7. The number of benzene rings is 2. The van der Waals surface area contributed by atoms with Crippen molar-refractivity contribution in [2.75, 3.05) is 28.1 Å². The number of hydrogen-bond donors (Lipinski definition) is 0. The summed E-state index contributed by atoms with van der Waals surface area (Å²) in [6.45, 7) is 5.75. The van der Waals surface area contributed by atoms with Gasteiger partial charge >= 0.3 is 0 Å². The van der Waals surface area contributed by atoms with Crippen LogP contribution >= 0.6 is 8.58 Å². The van der Waals surface area contributed by atoms with E-state index in [4.69, 9.17) is 18.9 Å². The molecule has 7 heteroatoms. The molecular weight excluding hydrogens is 406 g/mol. The molecule has 0 N–H and O–H groups in total. The third kappa shape index (κ3) is 5.50. The fourth-order valence-corrected chi connectivity index (χ4v) is 5.34. The molecule has 0 fully saturated rings. The molecule has 2 atom stereocenters. The van der Waals surface area contributed by atoms with E-state index in [1.54, 1.807) is 33.5 Å². The van der Waals surface area contributed by atoms with Crippen molar-refractivity contribution < 1.29 is 28.1 Å². The maximum absolute atomic E-state index is 13.8. The van der Waals surface area contributed by atoms with Gasteiger partial charge in [-0.05, 0) is 36.8 Å². The first kappa shape index (κ1) is 24.1. The molecule has 0 aliphatic carbocycles. The van der Waals surface area contributed by atoms with Gasteiger partial charge in [-0.1, -0.05) is 34.9 Å². The topological polar surface area (TPSA) is 54.0 Å². The summed E-state index contributed by atoms with van der Waals surface area (Å²) in [4.78, 5) is 12.2. The van der Waals surface area contributed by atoms with E-state index < -0.39 is 11.0 Å². The Kier molecular flexibility index (Phi) is 8.63. The lowest BCUT2D eigenvalue weighted by Gasteiger charge is -2.33. The first-order chi connectivity index (χ1) is 14.3. The molecule has 2 aromatic carbocycles. The van der Waals surface area contributed by atoms with Gasteiger partial charge in [0.25, 0.3) is 0 Å². The van der Waals surface area contributed by atoms with Crippen LogP contribution in [0.2, 0.25) is 0 Å². The Morgan fingerprint density at radius 2 is 1.87 bits per heavy atom. The summed E-state index contributed by atoms with van der Waals surface area (Å²) in [6, 6.07) is 8.11. The van der Waals surface area contributed by atoms with Gasteiger partial charge in [-0.2, -0.15) is 0 Å². The minimum atomic E-state index is -0.418. The molecule has 0 radical (unpaired) electrons. The van der Waals surface area contributed by atoms with Crippen LogP contribution in [0.1, 0.15) is 49.5 Å². The molecule has 2 aromatic rings. The van der Waals surface area contributed by atoms with Crippen molar-refractivity contribution in [2.45, 2.75) is 38.8 Å². The van der Waals surface area contributed by atoms with Crippen LogP contribution in [0.15, 0.2) is 30.3 Å². The zero-order valence-electron chi connectivity index (χ0n) is 18.4. The van der Waals surface area contributed by atoms with Crippen molar-refractivity contribution in [3.8, 4) is 17.2 Å². The van der Waals surface area contributed by atoms with Crippen LogP contribution in [0, 0.1) is 5.82 Å². The molecule has 5 nitrogen and oxygen atoms in total. The highest BCUT2D eigenvalue weighted by atomic mass is 31.1. The largest absolute Gasteiger partial charge is 0.497 e. The van der Waals surface area contributed by atoms with Crippen LogP contribution in [0.4, 0.5) is 4.39 Å². The molecule has 0 amide bonds. The lowest BCUT2D eigenvalue weighted by atomic mass is 9.93. The van der Waals surface area contributed by atoms with Crippen LogP contribution in [-0.4, -0.2) is 33.9 Å². The summed E-state index contributed by atoms with van der Waals surface area (Å²) in [5.41, 5.74) is 1.31. The molecule has 0 aliphatic rings. The minimum Gasteiger partial charge on any atom is -0.497 e. The number of ether oxygens (including phenoxy) is 4. The molecule has 164 valence electrons. The van der Waals surface area contributed by atoms with E-state index in [1.807, 2.05) is 6.07 Å². The van der Waals surface area contributed by atoms with Crippen molar-refractivity contribution in [2.24, 2.45) is 0 Å². The number of carbonyl (C=O) groups is 1. The highest BCUT2D eigenvalue weighted by Gasteiger charge is 2.33. The zero-order chi connectivity index (χ0) is 22.3. The Hall–Kier alpha value is -2.17. The van der Waals surface area contributed by atoms with Gasteiger partial charge in [-0.3, -0.25) is 4.79 Å². The van der Waals surface area contributed by atoms with Crippen LogP contribution in [0.3, 0.4) is 0 Å². The van der Waals surface area contributed by atoms with E-state index >= 15 is 0 Å². The summed E-state index contributed by atoms with van der Waals surface area (Å²) in [5, 5.41) is 0.418. The van der Waals surface area contributed by atoms with E-state index in [-0.39, 0.29) is 21.2 Å². The number of halogens is 1. The Morgan fingerprint density at radius 1 is 1.13 bits per heavy atom. The molecule has 0 saturated carbocycles. The fourth-order valence-electron chi connectivity index (χ4n) is 3.50. The van der Waals surface area contributed by atoms with Gasteiger partial charge in [0.05, 0.1) is 14.2 Å². The number of methoxy groups -OCH3 is 3. The Labute approximate surface area is 179 Å². The molecule has 0 saturated heterocycles. The molecule has 0 spiro atoms.